The van der Waals surface area contributed by atoms with Gasteiger partial charge in [-0.3, -0.25) is 0 Å². The average Bonchev–Trinajstić information content (AvgIpc) is 3.00. The van der Waals surface area contributed by atoms with Gasteiger partial charge in [-0.25, -0.2) is 0 Å². The molecule has 31 heavy (non-hydrogen) atoms. The van der Waals surface area contributed by atoms with Gasteiger partial charge in [0.15, 0.2) is 0 Å². The van der Waals surface area contributed by atoms with Gasteiger partial charge in [0.25, 0.3) is 0 Å². The Morgan fingerprint density at radius 2 is 1.84 bits per heavy atom. The van der Waals surface area contributed by atoms with Gasteiger partial charge in [0.05, 0.1) is 31.0 Å². The summed E-state index contributed by atoms with van der Waals surface area (Å²) >= 11 is 0. The third-order valence-electron chi connectivity index (χ3n) is 8.10. The van der Waals surface area contributed by atoms with Crippen LogP contribution in [0, 0.1) is 22.7 Å². The molecule has 5 atom stereocenters. The number of hydrogen-bond acceptors (Lipinski definition) is 4. The van der Waals surface area contributed by atoms with Crippen LogP contribution >= 0.6 is 0 Å². The Bertz CT molecular complexity index is 726. The second kappa shape index (κ2) is 9.13. The molecule has 0 amide bonds. The minimum Gasteiger partial charge on any atom is -0.393 e. The van der Waals surface area contributed by atoms with Crippen LogP contribution in [0.15, 0.2) is 35.5 Å². The maximum absolute atomic E-state index is 10.1. The van der Waals surface area contributed by atoms with Gasteiger partial charge in [0, 0.05) is 6.42 Å². The fourth-order valence-corrected chi connectivity index (χ4v) is 6.65. The molecule has 0 aromatic carbocycles. The lowest BCUT2D eigenvalue weighted by atomic mass is 9.58. The van der Waals surface area contributed by atoms with Crippen molar-refractivity contribution < 1.29 is 20.1 Å². The SMILES string of the molecule is C=C1/C(=C\C=C2CCC[C@@]3(C)C2CC[C@@H]3C(C)(C)COCC(C)(C)O)C[C@@H](O)C[C@H]1O. The minimum atomic E-state index is -0.795. The van der Waals surface area contributed by atoms with Crippen LogP contribution in [0.5, 0.6) is 0 Å². The molecule has 0 bridgehead atoms. The number of hydrogen-bond donors (Lipinski definition) is 3. The molecule has 0 radical (unpaired) electrons. The number of rotatable bonds is 6. The first-order chi connectivity index (χ1) is 14.3. The minimum absolute atomic E-state index is 0.0571. The monoisotopic (exact) mass is 432 g/mol. The number of fused-ring (bicyclic) bond motifs is 1. The second-order valence-electron chi connectivity index (χ2n) is 11.9. The molecular weight excluding hydrogens is 388 g/mol. The highest BCUT2D eigenvalue weighted by atomic mass is 16.5. The Labute approximate surface area is 189 Å². The zero-order chi connectivity index (χ0) is 23.0. The van der Waals surface area contributed by atoms with Crippen LogP contribution < -0.4 is 0 Å². The molecule has 4 heteroatoms. The molecule has 3 N–H and O–H groups in total. The lowest BCUT2D eigenvalue weighted by molar-refractivity contribution is -0.0693. The molecule has 176 valence electrons. The van der Waals surface area contributed by atoms with Crippen LogP contribution in [0.4, 0.5) is 0 Å². The van der Waals surface area contributed by atoms with Crippen LogP contribution in [0.3, 0.4) is 0 Å². The molecule has 3 saturated carbocycles. The summed E-state index contributed by atoms with van der Waals surface area (Å²) in [5, 5.41) is 30.2. The van der Waals surface area contributed by atoms with Gasteiger partial charge in [-0.2, -0.15) is 0 Å². The van der Waals surface area contributed by atoms with E-state index in [4.69, 9.17) is 4.74 Å². The fraction of sp³-hybridized carbons (Fsp3) is 0.778. The summed E-state index contributed by atoms with van der Waals surface area (Å²) in [4.78, 5) is 0. The summed E-state index contributed by atoms with van der Waals surface area (Å²) in [5.74, 6) is 1.15. The van der Waals surface area contributed by atoms with E-state index in [-0.39, 0.29) is 10.8 Å². The number of aliphatic hydroxyl groups is 3. The Morgan fingerprint density at radius 3 is 2.52 bits per heavy atom. The molecule has 0 aliphatic heterocycles. The fourth-order valence-electron chi connectivity index (χ4n) is 6.65. The molecule has 0 spiro atoms. The van der Waals surface area contributed by atoms with Gasteiger partial charge >= 0.3 is 0 Å². The van der Waals surface area contributed by atoms with Crippen molar-refractivity contribution in [1.29, 1.82) is 0 Å². The molecule has 0 aromatic rings. The van der Waals surface area contributed by atoms with Crippen molar-refractivity contribution in [3.63, 3.8) is 0 Å². The number of ether oxygens (including phenoxy) is 1. The summed E-state index contributed by atoms with van der Waals surface area (Å²) in [6, 6.07) is 0. The predicted octanol–water partition coefficient (Wildman–Crippen LogP) is 4.94. The van der Waals surface area contributed by atoms with Crippen molar-refractivity contribution in [2.45, 2.75) is 97.4 Å². The smallest absolute Gasteiger partial charge is 0.0824 e. The zero-order valence-electron chi connectivity index (χ0n) is 20.3. The van der Waals surface area contributed by atoms with E-state index >= 15 is 0 Å². The first kappa shape index (κ1) is 24.7. The normalized spacial score (nSPS) is 37.5. The van der Waals surface area contributed by atoms with E-state index in [1.54, 1.807) is 13.8 Å². The van der Waals surface area contributed by atoms with Crippen molar-refractivity contribution >= 4 is 0 Å². The molecule has 0 aromatic heterocycles. The van der Waals surface area contributed by atoms with E-state index in [9.17, 15) is 15.3 Å². The predicted molar refractivity (Wildman–Crippen MR) is 126 cm³/mol. The molecule has 0 heterocycles. The van der Waals surface area contributed by atoms with Gasteiger partial charge in [-0.15, -0.1) is 0 Å². The topological polar surface area (TPSA) is 69.9 Å². The highest BCUT2D eigenvalue weighted by molar-refractivity contribution is 5.38. The van der Waals surface area contributed by atoms with Crippen LogP contribution in [0.1, 0.15) is 79.6 Å². The Morgan fingerprint density at radius 1 is 1.13 bits per heavy atom. The van der Waals surface area contributed by atoms with E-state index < -0.39 is 17.8 Å². The summed E-state index contributed by atoms with van der Waals surface area (Å²) in [7, 11) is 0. The van der Waals surface area contributed by atoms with Crippen molar-refractivity contribution in [2.24, 2.45) is 22.7 Å². The molecule has 3 fully saturated rings. The average molecular weight is 433 g/mol. The third kappa shape index (κ3) is 5.52. The van der Waals surface area contributed by atoms with Crippen LogP contribution in [0.2, 0.25) is 0 Å². The Kier molecular flexibility index (Phi) is 7.27. The lowest BCUT2D eigenvalue weighted by Crippen LogP contribution is -2.42. The van der Waals surface area contributed by atoms with Gasteiger partial charge in [-0.1, -0.05) is 45.1 Å². The molecule has 3 aliphatic carbocycles. The van der Waals surface area contributed by atoms with Crippen LogP contribution in [0.25, 0.3) is 0 Å². The second-order valence-corrected chi connectivity index (χ2v) is 11.9. The quantitative estimate of drug-likeness (QED) is 0.556. The summed E-state index contributed by atoms with van der Waals surface area (Å²) < 4.78 is 5.95. The van der Waals surface area contributed by atoms with E-state index in [0.29, 0.717) is 37.9 Å². The largest absolute Gasteiger partial charge is 0.393 e. The third-order valence-corrected chi connectivity index (χ3v) is 8.10. The number of allylic oxidation sites excluding steroid dienone is 3. The van der Waals surface area contributed by atoms with E-state index in [1.807, 2.05) is 0 Å². The maximum atomic E-state index is 10.1. The summed E-state index contributed by atoms with van der Waals surface area (Å²) in [6.07, 6.45) is 10.2. The van der Waals surface area contributed by atoms with E-state index in [1.165, 1.54) is 31.3 Å². The van der Waals surface area contributed by atoms with E-state index in [0.717, 1.165) is 17.6 Å². The van der Waals surface area contributed by atoms with E-state index in [2.05, 4.69) is 39.5 Å². The molecule has 0 saturated heterocycles. The van der Waals surface area contributed by atoms with Crippen molar-refractivity contribution in [3.05, 3.63) is 35.5 Å². The van der Waals surface area contributed by atoms with Crippen molar-refractivity contribution in [1.82, 2.24) is 0 Å². The Hall–Kier alpha value is -0.940. The number of aliphatic hydroxyl groups excluding tert-OH is 2. The molecular formula is C27H44O4. The summed E-state index contributed by atoms with van der Waals surface area (Å²) in [6.45, 7) is 15.8. The van der Waals surface area contributed by atoms with Crippen LogP contribution in [-0.2, 0) is 4.74 Å². The van der Waals surface area contributed by atoms with Gasteiger partial charge in [0.1, 0.15) is 0 Å². The standard InChI is InChI=1S/C27H44O4/c1-18-20(14-21(28)15-23(18)29)10-9-19-8-7-13-27(6)22(19)11-12-24(27)25(2,3)16-31-17-26(4,5)30/h9-10,21-24,28-30H,1,7-8,11-17H2,2-6H3/b19-9?,20-10-/t21-,22?,23-,24-,27+/m1/s1. The molecule has 3 rings (SSSR count). The molecule has 4 nitrogen and oxygen atoms in total. The highest BCUT2D eigenvalue weighted by Gasteiger charge is 2.54. The first-order valence-corrected chi connectivity index (χ1v) is 12.1. The first-order valence-electron chi connectivity index (χ1n) is 12.1. The summed E-state index contributed by atoms with van der Waals surface area (Å²) in [5.41, 5.74) is 2.78. The van der Waals surface area contributed by atoms with Gasteiger partial charge in [-0.05, 0) is 86.2 Å². The maximum Gasteiger partial charge on any atom is 0.0824 e. The zero-order valence-corrected chi connectivity index (χ0v) is 20.3. The van der Waals surface area contributed by atoms with Crippen LogP contribution in [-0.4, -0.2) is 46.3 Å². The van der Waals surface area contributed by atoms with Crippen molar-refractivity contribution in [2.75, 3.05) is 13.2 Å². The van der Waals surface area contributed by atoms with Gasteiger partial charge in [0.2, 0.25) is 0 Å². The highest BCUT2D eigenvalue weighted by Crippen LogP contribution is 2.62. The van der Waals surface area contributed by atoms with Gasteiger partial charge < -0.3 is 20.1 Å². The molecule has 1 unspecified atom stereocenters. The Balaban J connectivity index is 1.75. The molecule has 3 aliphatic rings. The lowest BCUT2D eigenvalue weighted by Gasteiger charge is -2.48. The van der Waals surface area contributed by atoms with Crippen molar-refractivity contribution in [3.8, 4) is 0 Å².